The van der Waals surface area contributed by atoms with E-state index in [4.69, 9.17) is 5.26 Å². The molecule has 0 aromatic heterocycles. The van der Waals surface area contributed by atoms with Crippen LogP contribution in [0.25, 0.3) is 0 Å². The van der Waals surface area contributed by atoms with Crippen molar-refractivity contribution in [3.8, 4) is 6.07 Å². The molecule has 0 saturated carbocycles. The summed E-state index contributed by atoms with van der Waals surface area (Å²) in [7, 11) is -3.65. The van der Waals surface area contributed by atoms with E-state index in [-0.39, 0.29) is 16.2 Å². The van der Waals surface area contributed by atoms with Gasteiger partial charge in [-0.1, -0.05) is 25.1 Å². The fraction of sp³-hybridized carbons (Fsp3) is 0.391. The van der Waals surface area contributed by atoms with Crippen molar-refractivity contribution < 1.29 is 17.6 Å². The van der Waals surface area contributed by atoms with E-state index in [2.05, 4.69) is 4.90 Å². The van der Waals surface area contributed by atoms with Crippen molar-refractivity contribution in [1.82, 2.24) is 9.21 Å². The molecule has 8 heteroatoms. The number of carbonyl (C=O) groups is 1. The molecule has 1 fully saturated rings. The van der Waals surface area contributed by atoms with Crippen molar-refractivity contribution in [2.45, 2.75) is 37.6 Å². The van der Waals surface area contributed by atoms with E-state index in [1.807, 2.05) is 13.0 Å². The zero-order valence-corrected chi connectivity index (χ0v) is 18.4. The van der Waals surface area contributed by atoms with E-state index in [1.165, 1.54) is 28.6 Å². The third-order valence-electron chi connectivity index (χ3n) is 5.40. The van der Waals surface area contributed by atoms with Crippen LogP contribution >= 0.6 is 0 Å². The summed E-state index contributed by atoms with van der Waals surface area (Å²) in [5.41, 5.74) is 1.36. The van der Waals surface area contributed by atoms with Crippen molar-refractivity contribution in [2.24, 2.45) is 0 Å². The number of Topliss-reactive ketones (excluding diaryl/α,β-unsaturated/α-hetero) is 1. The molecule has 0 amide bonds. The van der Waals surface area contributed by atoms with E-state index >= 15 is 0 Å². The number of hydrogen-bond acceptors (Lipinski definition) is 5. The highest BCUT2D eigenvalue weighted by molar-refractivity contribution is 7.89. The molecule has 0 spiro atoms. The van der Waals surface area contributed by atoms with Crippen LogP contribution in [0, 0.1) is 17.1 Å². The van der Waals surface area contributed by atoms with Gasteiger partial charge < -0.3 is 0 Å². The Balaban J connectivity index is 1.67. The SMILES string of the molecule is CCCC(=O)c1ccc(S(=O)(=O)N2CCCN(Cc3ccc(F)c(C#N)c3)CC2)cc1. The summed E-state index contributed by atoms with van der Waals surface area (Å²) in [6, 6.07) is 12.5. The van der Waals surface area contributed by atoms with Crippen molar-refractivity contribution in [1.29, 1.82) is 5.26 Å². The van der Waals surface area contributed by atoms with Crippen LogP contribution in [0.2, 0.25) is 0 Å². The molecule has 0 N–H and O–H groups in total. The molecular weight excluding hydrogens is 417 g/mol. The Morgan fingerprint density at radius 1 is 1.10 bits per heavy atom. The topological polar surface area (TPSA) is 81.5 Å². The number of carbonyl (C=O) groups excluding carboxylic acids is 1. The first-order chi connectivity index (χ1) is 14.8. The summed E-state index contributed by atoms with van der Waals surface area (Å²) in [4.78, 5) is 14.3. The minimum Gasteiger partial charge on any atom is -0.298 e. The Hall–Kier alpha value is -2.60. The normalized spacial score (nSPS) is 15.9. The highest BCUT2D eigenvalue weighted by Crippen LogP contribution is 2.20. The predicted molar refractivity (Wildman–Crippen MR) is 115 cm³/mol. The van der Waals surface area contributed by atoms with Crippen LogP contribution in [-0.2, 0) is 16.6 Å². The molecule has 0 atom stereocenters. The van der Waals surface area contributed by atoms with Crippen LogP contribution < -0.4 is 0 Å². The molecule has 0 aliphatic carbocycles. The van der Waals surface area contributed by atoms with E-state index < -0.39 is 15.8 Å². The largest absolute Gasteiger partial charge is 0.298 e. The number of halogens is 1. The van der Waals surface area contributed by atoms with Gasteiger partial charge in [-0.3, -0.25) is 9.69 Å². The maximum atomic E-state index is 13.5. The summed E-state index contributed by atoms with van der Waals surface area (Å²) < 4.78 is 41.2. The molecular formula is C23H26FN3O3S. The summed E-state index contributed by atoms with van der Waals surface area (Å²) in [5, 5.41) is 9.00. The molecule has 0 unspecified atom stereocenters. The Bertz CT molecular complexity index is 1080. The second-order valence-electron chi connectivity index (χ2n) is 7.66. The smallest absolute Gasteiger partial charge is 0.243 e. The number of rotatable bonds is 7. The van der Waals surface area contributed by atoms with Gasteiger partial charge in [0.1, 0.15) is 11.9 Å². The lowest BCUT2D eigenvalue weighted by atomic mass is 10.1. The van der Waals surface area contributed by atoms with Gasteiger partial charge in [-0.25, -0.2) is 12.8 Å². The quantitative estimate of drug-likeness (QED) is 0.611. The number of sulfonamides is 1. The van der Waals surface area contributed by atoms with Gasteiger partial charge in [-0.2, -0.15) is 9.57 Å². The monoisotopic (exact) mass is 443 g/mol. The van der Waals surface area contributed by atoms with Crippen molar-refractivity contribution in [2.75, 3.05) is 26.2 Å². The second-order valence-corrected chi connectivity index (χ2v) is 9.60. The van der Waals surface area contributed by atoms with E-state index in [0.717, 1.165) is 12.0 Å². The van der Waals surface area contributed by atoms with Crippen molar-refractivity contribution in [3.05, 3.63) is 65.0 Å². The van der Waals surface area contributed by atoms with Gasteiger partial charge >= 0.3 is 0 Å². The van der Waals surface area contributed by atoms with Gasteiger partial charge in [-0.05, 0) is 49.2 Å². The molecule has 0 bridgehead atoms. The molecule has 1 saturated heterocycles. The second kappa shape index (κ2) is 10.1. The summed E-state index contributed by atoms with van der Waals surface area (Å²) in [5.74, 6) is -0.529. The Kier molecular flexibility index (Phi) is 7.55. The molecule has 2 aromatic rings. The molecule has 3 rings (SSSR count). The lowest BCUT2D eigenvalue weighted by Crippen LogP contribution is -2.35. The maximum Gasteiger partial charge on any atom is 0.243 e. The number of ketones is 1. The van der Waals surface area contributed by atoms with Gasteiger partial charge in [0.15, 0.2) is 5.78 Å². The summed E-state index contributed by atoms with van der Waals surface area (Å²) in [6.07, 6.45) is 1.86. The average Bonchev–Trinajstić information content (AvgIpc) is 3.01. The summed E-state index contributed by atoms with van der Waals surface area (Å²) in [6.45, 7) is 4.43. The Morgan fingerprint density at radius 2 is 1.84 bits per heavy atom. The molecule has 164 valence electrons. The first-order valence-corrected chi connectivity index (χ1v) is 11.8. The van der Waals surface area contributed by atoms with Gasteiger partial charge in [0.2, 0.25) is 10.0 Å². The van der Waals surface area contributed by atoms with Crippen LogP contribution in [0.3, 0.4) is 0 Å². The standard InChI is InChI=1S/C23H26FN3O3S/c1-2-4-23(28)19-6-8-21(9-7-19)31(29,30)27-12-3-11-26(13-14-27)17-18-5-10-22(24)20(15-18)16-25/h5-10,15H,2-4,11-14,17H2,1H3. The van der Waals surface area contributed by atoms with Crippen LogP contribution in [-0.4, -0.2) is 49.6 Å². The highest BCUT2D eigenvalue weighted by atomic mass is 32.2. The zero-order chi connectivity index (χ0) is 22.4. The lowest BCUT2D eigenvalue weighted by Gasteiger charge is -2.22. The van der Waals surface area contributed by atoms with Crippen molar-refractivity contribution >= 4 is 15.8 Å². The molecule has 31 heavy (non-hydrogen) atoms. The maximum absolute atomic E-state index is 13.5. The average molecular weight is 444 g/mol. The molecule has 6 nitrogen and oxygen atoms in total. The molecule has 0 radical (unpaired) electrons. The van der Waals surface area contributed by atoms with Crippen LogP contribution in [0.4, 0.5) is 4.39 Å². The minimum absolute atomic E-state index is 0.0113. The zero-order valence-electron chi connectivity index (χ0n) is 17.6. The molecule has 2 aromatic carbocycles. The van der Waals surface area contributed by atoms with Crippen LogP contribution in [0.1, 0.15) is 47.7 Å². The van der Waals surface area contributed by atoms with E-state index in [0.29, 0.717) is 51.1 Å². The lowest BCUT2D eigenvalue weighted by molar-refractivity contribution is 0.0981. The van der Waals surface area contributed by atoms with Crippen molar-refractivity contribution in [3.63, 3.8) is 0 Å². The van der Waals surface area contributed by atoms with Gasteiger partial charge in [-0.15, -0.1) is 0 Å². The van der Waals surface area contributed by atoms with E-state index in [1.54, 1.807) is 18.2 Å². The number of nitriles is 1. The summed E-state index contributed by atoms with van der Waals surface area (Å²) >= 11 is 0. The van der Waals surface area contributed by atoms with E-state index in [9.17, 15) is 17.6 Å². The first-order valence-electron chi connectivity index (χ1n) is 10.4. The van der Waals surface area contributed by atoms with Gasteiger partial charge in [0, 0.05) is 38.2 Å². The fourth-order valence-corrected chi connectivity index (χ4v) is 5.16. The Morgan fingerprint density at radius 3 is 2.52 bits per heavy atom. The number of nitrogens with zero attached hydrogens (tertiary/aromatic N) is 3. The van der Waals surface area contributed by atoms with Crippen LogP contribution in [0.5, 0.6) is 0 Å². The molecule has 1 aliphatic rings. The minimum atomic E-state index is -3.65. The highest BCUT2D eigenvalue weighted by Gasteiger charge is 2.27. The molecule has 1 aliphatic heterocycles. The molecule has 1 heterocycles. The first kappa shape index (κ1) is 23.1. The third kappa shape index (κ3) is 5.56. The van der Waals surface area contributed by atoms with Gasteiger partial charge in [0.05, 0.1) is 10.5 Å². The Labute approximate surface area is 182 Å². The number of benzene rings is 2. The van der Waals surface area contributed by atoms with Crippen LogP contribution in [0.15, 0.2) is 47.4 Å². The fourth-order valence-electron chi connectivity index (χ4n) is 3.69. The number of hydrogen-bond donors (Lipinski definition) is 0. The predicted octanol–water partition coefficient (Wildman–Crippen LogP) is 3.58. The van der Waals surface area contributed by atoms with Gasteiger partial charge in [0.25, 0.3) is 0 Å². The third-order valence-corrected chi connectivity index (χ3v) is 7.31.